The zero-order valence-electron chi connectivity index (χ0n) is 5.27. The van der Waals surface area contributed by atoms with Crippen LogP contribution < -0.4 is 29.6 Å². The molecule has 8 heavy (non-hydrogen) atoms. The van der Waals surface area contributed by atoms with Gasteiger partial charge < -0.3 is 11.6 Å². The number of carboxylic acid groups (broad SMARTS) is 2. The third-order valence-corrected chi connectivity index (χ3v) is 0. The standard InChI is InChI=1S/CH2Cl2.CH2O3.Na.H/c2-1-3;2-1(3)4;;/h1H2;(H2,2,3,4);;/q;;+1;-1. The maximum atomic E-state index is 8.56. The molecule has 0 atom stereocenters. The van der Waals surface area contributed by atoms with Crippen LogP contribution in [0, 0.1) is 0 Å². The van der Waals surface area contributed by atoms with Crippen LogP contribution in [0.25, 0.3) is 0 Å². The minimum Gasteiger partial charge on any atom is -1.00 e. The van der Waals surface area contributed by atoms with E-state index in [4.69, 9.17) is 38.2 Å². The van der Waals surface area contributed by atoms with Crippen molar-refractivity contribution in [1.82, 2.24) is 0 Å². The Bertz CT molecular complexity index is 51.1. The fourth-order valence-electron chi connectivity index (χ4n) is 0. The van der Waals surface area contributed by atoms with E-state index in [1.165, 1.54) is 0 Å². The number of hydrogen-bond acceptors (Lipinski definition) is 1. The van der Waals surface area contributed by atoms with E-state index >= 15 is 0 Å². The predicted octanol–water partition coefficient (Wildman–Crippen LogP) is -1.24. The summed E-state index contributed by atoms with van der Waals surface area (Å²) in [5.41, 5.74) is 0. The molecule has 0 saturated carbocycles. The van der Waals surface area contributed by atoms with Crippen molar-refractivity contribution < 1.29 is 46.0 Å². The van der Waals surface area contributed by atoms with Crippen molar-refractivity contribution in [3.05, 3.63) is 0 Å². The van der Waals surface area contributed by atoms with Crippen molar-refractivity contribution in [3.63, 3.8) is 0 Å². The summed E-state index contributed by atoms with van der Waals surface area (Å²) in [6.45, 7) is 0. The van der Waals surface area contributed by atoms with Crippen molar-refractivity contribution >= 4 is 29.4 Å². The predicted molar refractivity (Wildman–Crippen MR) is 28.3 cm³/mol. The van der Waals surface area contributed by atoms with Gasteiger partial charge in [0, 0.05) is 0 Å². The maximum Gasteiger partial charge on any atom is 1.00 e. The number of alkyl halides is 2. The van der Waals surface area contributed by atoms with Crippen molar-refractivity contribution in [2.24, 2.45) is 0 Å². The van der Waals surface area contributed by atoms with Gasteiger partial charge in [-0.3, -0.25) is 0 Å². The number of hydrogen-bond donors (Lipinski definition) is 2. The number of rotatable bonds is 0. The van der Waals surface area contributed by atoms with Gasteiger partial charge in [0.2, 0.25) is 0 Å². The zero-order valence-corrected chi connectivity index (χ0v) is 7.78. The third kappa shape index (κ3) is 324. The molecule has 0 aromatic carbocycles. The molecule has 0 amide bonds. The molecule has 2 N–H and O–H groups in total. The third-order valence-electron chi connectivity index (χ3n) is 0. The van der Waals surface area contributed by atoms with Crippen molar-refractivity contribution in [3.8, 4) is 0 Å². The summed E-state index contributed by atoms with van der Waals surface area (Å²) in [4.78, 5) is 8.56. The molecule has 0 radical (unpaired) electrons. The summed E-state index contributed by atoms with van der Waals surface area (Å²) in [7, 11) is 0. The van der Waals surface area contributed by atoms with Crippen molar-refractivity contribution in [2.75, 3.05) is 5.34 Å². The minimum atomic E-state index is -1.83. The van der Waals surface area contributed by atoms with E-state index in [0.29, 0.717) is 0 Å². The molecule has 0 spiro atoms. The first-order valence-corrected chi connectivity index (χ1v) is 2.25. The van der Waals surface area contributed by atoms with E-state index < -0.39 is 6.16 Å². The summed E-state index contributed by atoms with van der Waals surface area (Å²) in [6.07, 6.45) is -1.83. The Balaban J connectivity index is -0.0000000233. The topological polar surface area (TPSA) is 57.5 Å². The Morgan fingerprint density at radius 1 is 1.50 bits per heavy atom. The van der Waals surface area contributed by atoms with Gasteiger partial charge in [0.15, 0.2) is 0 Å². The normalized spacial score (nSPS) is 5.25. The van der Waals surface area contributed by atoms with Crippen LogP contribution in [0.1, 0.15) is 1.43 Å². The monoisotopic (exact) mass is 170 g/mol. The van der Waals surface area contributed by atoms with Gasteiger partial charge in [0.1, 0.15) is 0 Å². The first-order valence-electron chi connectivity index (χ1n) is 1.19. The van der Waals surface area contributed by atoms with Crippen LogP contribution in [-0.4, -0.2) is 21.7 Å². The second kappa shape index (κ2) is 15.7. The molecule has 0 bridgehead atoms. The van der Waals surface area contributed by atoms with E-state index in [9.17, 15) is 0 Å². The number of carbonyl (C=O) groups is 1. The largest absolute Gasteiger partial charge is 1.00 e. The smallest absolute Gasteiger partial charge is 1.00 e. The SMILES string of the molecule is ClCCl.O=C(O)O.[H-].[Na+]. The van der Waals surface area contributed by atoms with Crippen molar-refractivity contribution in [1.29, 1.82) is 0 Å². The first-order chi connectivity index (χ1) is 3.15. The summed E-state index contributed by atoms with van der Waals surface area (Å²) < 4.78 is 0. The second-order valence-corrected chi connectivity index (χ2v) is 1.19. The van der Waals surface area contributed by atoms with Gasteiger partial charge in [-0.2, -0.15) is 0 Å². The Labute approximate surface area is 80.4 Å². The summed E-state index contributed by atoms with van der Waals surface area (Å²) >= 11 is 9.53. The molecular weight excluding hydrogens is 166 g/mol. The summed E-state index contributed by atoms with van der Waals surface area (Å²) in [6, 6.07) is 0. The van der Waals surface area contributed by atoms with E-state index in [1.807, 2.05) is 0 Å². The molecule has 0 aliphatic rings. The molecule has 3 nitrogen and oxygen atoms in total. The molecule has 46 valence electrons. The molecule has 0 aliphatic carbocycles. The van der Waals surface area contributed by atoms with Gasteiger partial charge in [-0.15, -0.1) is 23.2 Å². The molecule has 0 aromatic heterocycles. The van der Waals surface area contributed by atoms with E-state index in [0.717, 1.165) is 0 Å². The number of halogens is 2. The molecule has 0 fully saturated rings. The van der Waals surface area contributed by atoms with Gasteiger partial charge in [-0.1, -0.05) is 0 Å². The fourth-order valence-corrected chi connectivity index (χ4v) is 0. The van der Waals surface area contributed by atoms with Crippen molar-refractivity contribution in [2.45, 2.75) is 0 Å². The first kappa shape index (κ1) is 15.9. The van der Waals surface area contributed by atoms with Crippen LogP contribution in [0.15, 0.2) is 0 Å². The molecule has 0 aliphatic heterocycles. The average molecular weight is 171 g/mol. The van der Waals surface area contributed by atoms with Crippen LogP contribution in [0.2, 0.25) is 0 Å². The molecule has 0 unspecified atom stereocenters. The average Bonchev–Trinajstić information content (AvgIpc) is 1.33. The Hall–Kier alpha value is 0.850. The van der Waals surface area contributed by atoms with E-state index in [2.05, 4.69) is 0 Å². The van der Waals surface area contributed by atoms with Gasteiger partial charge in [0.25, 0.3) is 0 Å². The molecule has 0 saturated heterocycles. The van der Waals surface area contributed by atoms with Gasteiger partial charge >= 0.3 is 35.7 Å². The van der Waals surface area contributed by atoms with Crippen LogP contribution in [0.3, 0.4) is 0 Å². The summed E-state index contributed by atoms with van der Waals surface area (Å²) in [5.74, 6) is 0. The van der Waals surface area contributed by atoms with Crippen LogP contribution in [0.5, 0.6) is 0 Å². The molecule has 0 rings (SSSR count). The van der Waals surface area contributed by atoms with Gasteiger partial charge in [-0.25, -0.2) is 4.79 Å². The van der Waals surface area contributed by atoms with E-state index in [-0.39, 0.29) is 36.3 Å². The van der Waals surface area contributed by atoms with Gasteiger partial charge in [-0.05, 0) is 0 Å². The fraction of sp³-hybridized carbons (Fsp3) is 0.500. The van der Waals surface area contributed by atoms with Crippen LogP contribution >= 0.6 is 23.2 Å². The molecule has 0 aromatic rings. The van der Waals surface area contributed by atoms with E-state index in [1.54, 1.807) is 0 Å². The van der Waals surface area contributed by atoms with Crippen LogP contribution in [-0.2, 0) is 0 Å². The maximum absolute atomic E-state index is 8.56. The Morgan fingerprint density at radius 3 is 1.50 bits per heavy atom. The second-order valence-electron chi connectivity index (χ2n) is 0.384. The zero-order chi connectivity index (χ0) is 6.28. The van der Waals surface area contributed by atoms with Gasteiger partial charge in [0.05, 0.1) is 5.34 Å². The van der Waals surface area contributed by atoms with Crippen LogP contribution in [0.4, 0.5) is 4.79 Å². The summed E-state index contributed by atoms with van der Waals surface area (Å²) in [5, 5.41) is 14.1. The quantitative estimate of drug-likeness (QED) is 0.354. The Kier molecular flexibility index (Phi) is 31.2. The Morgan fingerprint density at radius 2 is 1.50 bits per heavy atom. The molecule has 6 heteroatoms. The molecular formula is C2H5Cl2NaO3. The minimum absolute atomic E-state index is 0. The molecule has 0 heterocycles.